The normalized spacial score (nSPS) is 9.94. The third-order valence-corrected chi connectivity index (χ3v) is 2.30. The molecule has 0 radical (unpaired) electrons. The van der Waals surface area contributed by atoms with E-state index in [0.717, 1.165) is 17.6 Å². The number of carbonyl (C=O) groups excluding carboxylic acids is 1. The molecule has 1 rings (SSSR count). The zero-order valence-electron chi connectivity index (χ0n) is 10.2. The standard InChI is InChI=1S/C14H18O2/c1-10(2)7-8-16-14-9-11(3)5-6-13(14)12(4)15/h5-6,9H,1,7-8H2,2-4H3. The molecule has 0 bridgehead atoms. The van der Waals surface area contributed by atoms with Crippen LogP contribution in [0.1, 0.15) is 36.2 Å². The second-order valence-corrected chi connectivity index (χ2v) is 4.11. The lowest BCUT2D eigenvalue weighted by Gasteiger charge is -2.10. The van der Waals surface area contributed by atoms with Gasteiger partial charge in [-0.25, -0.2) is 0 Å². The van der Waals surface area contributed by atoms with E-state index in [2.05, 4.69) is 6.58 Å². The highest BCUT2D eigenvalue weighted by Crippen LogP contribution is 2.21. The van der Waals surface area contributed by atoms with Gasteiger partial charge in [-0.3, -0.25) is 4.79 Å². The maximum absolute atomic E-state index is 11.4. The van der Waals surface area contributed by atoms with E-state index in [0.29, 0.717) is 17.9 Å². The molecule has 0 heterocycles. The minimum atomic E-state index is 0.0327. The largest absolute Gasteiger partial charge is 0.492 e. The second kappa shape index (κ2) is 5.50. The number of rotatable bonds is 5. The lowest BCUT2D eigenvalue weighted by molar-refractivity contribution is 0.101. The summed E-state index contributed by atoms with van der Waals surface area (Å²) >= 11 is 0. The number of ether oxygens (including phenoxy) is 1. The Morgan fingerprint density at radius 1 is 1.38 bits per heavy atom. The van der Waals surface area contributed by atoms with Crippen molar-refractivity contribution < 1.29 is 9.53 Å². The van der Waals surface area contributed by atoms with E-state index in [1.807, 2.05) is 32.0 Å². The highest BCUT2D eigenvalue weighted by molar-refractivity contribution is 5.96. The zero-order valence-corrected chi connectivity index (χ0v) is 10.2. The van der Waals surface area contributed by atoms with Gasteiger partial charge in [-0.1, -0.05) is 11.6 Å². The summed E-state index contributed by atoms with van der Waals surface area (Å²) in [5.74, 6) is 0.707. The van der Waals surface area contributed by atoms with Gasteiger partial charge in [0.25, 0.3) is 0 Å². The minimum absolute atomic E-state index is 0.0327. The molecule has 86 valence electrons. The molecular weight excluding hydrogens is 200 g/mol. The maximum atomic E-state index is 11.4. The van der Waals surface area contributed by atoms with Gasteiger partial charge in [0, 0.05) is 6.42 Å². The quantitative estimate of drug-likeness (QED) is 0.558. The van der Waals surface area contributed by atoms with Crippen LogP contribution in [-0.4, -0.2) is 12.4 Å². The van der Waals surface area contributed by atoms with Crippen molar-refractivity contribution in [3.63, 3.8) is 0 Å². The van der Waals surface area contributed by atoms with E-state index >= 15 is 0 Å². The molecule has 2 heteroatoms. The van der Waals surface area contributed by atoms with Gasteiger partial charge < -0.3 is 4.74 Å². The number of hydrogen-bond donors (Lipinski definition) is 0. The first-order valence-electron chi connectivity index (χ1n) is 5.39. The molecule has 0 aliphatic rings. The van der Waals surface area contributed by atoms with Crippen molar-refractivity contribution >= 4 is 5.78 Å². The summed E-state index contributed by atoms with van der Waals surface area (Å²) in [4.78, 5) is 11.4. The number of benzene rings is 1. The predicted octanol–water partition coefficient (Wildman–Crippen LogP) is 3.54. The van der Waals surface area contributed by atoms with Crippen molar-refractivity contribution in [3.8, 4) is 5.75 Å². The fraction of sp³-hybridized carbons (Fsp3) is 0.357. The van der Waals surface area contributed by atoms with Gasteiger partial charge in [0.1, 0.15) is 5.75 Å². The van der Waals surface area contributed by atoms with Gasteiger partial charge in [-0.2, -0.15) is 0 Å². The minimum Gasteiger partial charge on any atom is -0.492 e. The molecule has 0 N–H and O–H groups in total. The molecule has 0 unspecified atom stereocenters. The lowest BCUT2D eigenvalue weighted by Crippen LogP contribution is -2.03. The summed E-state index contributed by atoms with van der Waals surface area (Å²) < 4.78 is 5.61. The summed E-state index contributed by atoms with van der Waals surface area (Å²) in [6, 6.07) is 5.63. The molecule has 0 spiro atoms. The first kappa shape index (κ1) is 12.5. The van der Waals surface area contributed by atoms with Crippen LogP contribution < -0.4 is 4.74 Å². The molecule has 1 aromatic carbocycles. The van der Waals surface area contributed by atoms with Crippen LogP contribution in [-0.2, 0) is 0 Å². The van der Waals surface area contributed by atoms with Crippen LogP contribution in [0, 0.1) is 6.92 Å². The summed E-state index contributed by atoms with van der Waals surface area (Å²) in [6.07, 6.45) is 0.811. The van der Waals surface area contributed by atoms with Crippen molar-refractivity contribution in [2.24, 2.45) is 0 Å². The average molecular weight is 218 g/mol. The molecule has 0 aliphatic carbocycles. The van der Waals surface area contributed by atoms with E-state index in [9.17, 15) is 4.79 Å². The Balaban J connectivity index is 2.80. The van der Waals surface area contributed by atoms with Crippen LogP contribution in [0.2, 0.25) is 0 Å². The molecule has 0 fully saturated rings. The first-order chi connectivity index (χ1) is 7.50. The van der Waals surface area contributed by atoms with E-state index in [1.165, 1.54) is 0 Å². The van der Waals surface area contributed by atoms with E-state index in [1.54, 1.807) is 6.92 Å². The predicted molar refractivity (Wildman–Crippen MR) is 66.1 cm³/mol. The number of carbonyl (C=O) groups is 1. The SMILES string of the molecule is C=C(C)CCOc1cc(C)ccc1C(C)=O. The van der Waals surface area contributed by atoms with Crippen molar-refractivity contribution in [2.45, 2.75) is 27.2 Å². The van der Waals surface area contributed by atoms with E-state index in [4.69, 9.17) is 4.74 Å². The fourth-order valence-electron chi connectivity index (χ4n) is 1.38. The Hall–Kier alpha value is -1.57. The van der Waals surface area contributed by atoms with Gasteiger partial charge in [-0.05, 0) is 38.5 Å². The molecule has 2 nitrogen and oxygen atoms in total. The van der Waals surface area contributed by atoms with E-state index in [-0.39, 0.29) is 5.78 Å². The molecule has 1 aromatic rings. The molecule has 16 heavy (non-hydrogen) atoms. The summed E-state index contributed by atoms with van der Waals surface area (Å²) in [6.45, 7) is 9.88. The molecule has 0 atom stereocenters. The average Bonchev–Trinajstić information content (AvgIpc) is 2.16. The van der Waals surface area contributed by atoms with Crippen LogP contribution >= 0.6 is 0 Å². The summed E-state index contributed by atoms with van der Waals surface area (Å²) in [5.41, 5.74) is 2.82. The molecule has 0 aliphatic heterocycles. The lowest BCUT2D eigenvalue weighted by atomic mass is 10.1. The Bertz CT molecular complexity index is 405. The molecule has 0 aromatic heterocycles. The Morgan fingerprint density at radius 3 is 2.62 bits per heavy atom. The van der Waals surface area contributed by atoms with Gasteiger partial charge in [0.2, 0.25) is 0 Å². The number of aryl methyl sites for hydroxylation is 1. The Kier molecular flexibility index (Phi) is 4.29. The van der Waals surface area contributed by atoms with Crippen molar-refractivity contribution in [1.82, 2.24) is 0 Å². The Morgan fingerprint density at radius 2 is 2.06 bits per heavy atom. The monoisotopic (exact) mass is 218 g/mol. The third kappa shape index (κ3) is 3.54. The Labute approximate surface area is 96.9 Å². The number of Topliss-reactive ketones (excluding diaryl/α,β-unsaturated/α-hetero) is 1. The van der Waals surface area contributed by atoms with Gasteiger partial charge in [0.05, 0.1) is 12.2 Å². The summed E-state index contributed by atoms with van der Waals surface area (Å²) in [5, 5.41) is 0. The third-order valence-electron chi connectivity index (χ3n) is 2.30. The number of hydrogen-bond acceptors (Lipinski definition) is 2. The van der Waals surface area contributed by atoms with Gasteiger partial charge in [-0.15, -0.1) is 6.58 Å². The fourth-order valence-corrected chi connectivity index (χ4v) is 1.38. The van der Waals surface area contributed by atoms with Crippen LogP contribution in [0.15, 0.2) is 30.4 Å². The smallest absolute Gasteiger partial charge is 0.163 e. The molecule has 0 saturated heterocycles. The van der Waals surface area contributed by atoms with Gasteiger partial charge in [0.15, 0.2) is 5.78 Å². The second-order valence-electron chi connectivity index (χ2n) is 4.11. The number of ketones is 1. The molecule has 0 saturated carbocycles. The van der Waals surface area contributed by atoms with Crippen LogP contribution in [0.25, 0.3) is 0 Å². The maximum Gasteiger partial charge on any atom is 0.163 e. The molecular formula is C14H18O2. The van der Waals surface area contributed by atoms with Crippen molar-refractivity contribution in [1.29, 1.82) is 0 Å². The van der Waals surface area contributed by atoms with Gasteiger partial charge >= 0.3 is 0 Å². The van der Waals surface area contributed by atoms with Crippen LogP contribution in [0.4, 0.5) is 0 Å². The van der Waals surface area contributed by atoms with Crippen LogP contribution in [0.5, 0.6) is 5.75 Å². The zero-order chi connectivity index (χ0) is 12.1. The first-order valence-corrected chi connectivity index (χ1v) is 5.39. The van der Waals surface area contributed by atoms with E-state index < -0.39 is 0 Å². The summed E-state index contributed by atoms with van der Waals surface area (Å²) in [7, 11) is 0. The van der Waals surface area contributed by atoms with Crippen molar-refractivity contribution in [3.05, 3.63) is 41.5 Å². The highest BCUT2D eigenvalue weighted by atomic mass is 16.5. The van der Waals surface area contributed by atoms with Crippen molar-refractivity contribution in [2.75, 3.05) is 6.61 Å². The highest BCUT2D eigenvalue weighted by Gasteiger charge is 2.08. The van der Waals surface area contributed by atoms with Crippen LogP contribution in [0.3, 0.4) is 0 Å². The molecule has 0 amide bonds. The topological polar surface area (TPSA) is 26.3 Å².